The van der Waals surface area contributed by atoms with Gasteiger partial charge in [0.1, 0.15) is 5.60 Å². The third kappa shape index (κ3) is 8.43. The molecule has 25 heavy (non-hydrogen) atoms. The quantitative estimate of drug-likeness (QED) is 0.541. The van der Waals surface area contributed by atoms with Crippen LogP contribution in [0.15, 0.2) is 4.99 Å². The van der Waals surface area contributed by atoms with Crippen molar-refractivity contribution in [1.29, 1.82) is 0 Å². The van der Waals surface area contributed by atoms with Crippen LogP contribution in [0.25, 0.3) is 0 Å². The first kappa shape index (κ1) is 21.5. The first-order valence-electron chi connectivity index (χ1n) is 9.25. The Balaban J connectivity index is 2.40. The van der Waals surface area contributed by atoms with Crippen molar-refractivity contribution in [3.05, 3.63) is 0 Å². The maximum Gasteiger partial charge on any atom is 0.410 e. The van der Waals surface area contributed by atoms with Gasteiger partial charge < -0.3 is 25.0 Å². The molecule has 0 bridgehead atoms. The maximum atomic E-state index is 12.2. The predicted octanol–water partition coefficient (Wildman–Crippen LogP) is 2.37. The summed E-state index contributed by atoms with van der Waals surface area (Å²) in [4.78, 5) is 18.2. The topological polar surface area (TPSA) is 75.2 Å². The second-order valence-electron chi connectivity index (χ2n) is 7.72. The SMILES string of the molecule is CCCN(CCNC(=NC)NCC1(C)CCCO1)C(=O)OC(C)(C)C. The molecule has 0 aliphatic carbocycles. The lowest BCUT2D eigenvalue weighted by Crippen LogP contribution is -2.48. The lowest BCUT2D eigenvalue weighted by atomic mass is 10.0. The standard InChI is InChI=1S/C18H36N4O3/c1-7-11-22(16(23)25-17(2,3)4)12-10-20-15(19-6)21-14-18(5)9-8-13-24-18/h7-14H2,1-6H3,(H2,19,20,21). The summed E-state index contributed by atoms with van der Waals surface area (Å²) >= 11 is 0. The van der Waals surface area contributed by atoms with Gasteiger partial charge >= 0.3 is 6.09 Å². The Labute approximate surface area is 152 Å². The molecule has 0 spiro atoms. The van der Waals surface area contributed by atoms with E-state index in [-0.39, 0.29) is 11.7 Å². The summed E-state index contributed by atoms with van der Waals surface area (Å²) in [5, 5.41) is 6.56. The molecule has 1 aliphatic heterocycles. The van der Waals surface area contributed by atoms with E-state index in [4.69, 9.17) is 9.47 Å². The fourth-order valence-corrected chi connectivity index (χ4v) is 2.67. The van der Waals surface area contributed by atoms with Crippen molar-refractivity contribution in [1.82, 2.24) is 15.5 Å². The zero-order valence-electron chi connectivity index (χ0n) is 16.8. The van der Waals surface area contributed by atoms with Crippen LogP contribution in [-0.4, -0.2) is 68.0 Å². The van der Waals surface area contributed by atoms with Crippen LogP contribution in [0.4, 0.5) is 4.79 Å². The van der Waals surface area contributed by atoms with Crippen molar-refractivity contribution in [2.75, 3.05) is 39.8 Å². The molecule has 7 heteroatoms. The van der Waals surface area contributed by atoms with Crippen LogP contribution in [0.3, 0.4) is 0 Å². The van der Waals surface area contributed by atoms with Crippen LogP contribution in [0, 0.1) is 0 Å². The number of ether oxygens (including phenoxy) is 2. The Hall–Kier alpha value is -1.50. The Bertz CT molecular complexity index is 440. The van der Waals surface area contributed by atoms with Gasteiger partial charge in [-0.05, 0) is 47.0 Å². The van der Waals surface area contributed by atoms with Crippen LogP contribution in [-0.2, 0) is 9.47 Å². The third-order valence-electron chi connectivity index (χ3n) is 3.97. The minimum Gasteiger partial charge on any atom is -0.444 e. The smallest absolute Gasteiger partial charge is 0.410 e. The van der Waals surface area contributed by atoms with Crippen LogP contribution in [0.2, 0.25) is 0 Å². The Morgan fingerprint density at radius 1 is 1.32 bits per heavy atom. The zero-order valence-corrected chi connectivity index (χ0v) is 16.8. The number of carbonyl (C=O) groups excluding carboxylic acids is 1. The molecule has 0 aromatic rings. The summed E-state index contributed by atoms with van der Waals surface area (Å²) in [6.07, 6.45) is 2.78. The van der Waals surface area contributed by atoms with Crippen molar-refractivity contribution >= 4 is 12.1 Å². The maximum absolute atomic E-state index is 12.2. The van der Waals surface area contributed by atoms with Gasteiger partial charge in [-0.15, -0.1) is 0 Å². The minimum atomic E-state index is -0.481. The van der Waals surface area contributed by atoms with Gasteiger partial charge in [0, 0.05) is 39.8 Å². The molecule has 0 aromatic carbocycles. The number of nitrogens with one attached hydrogen (secondary N) is 2. The van der Waals surface area contributed by atoms with Crippen LogP contribution in [0.1, 0.15) is 53.9 Å². The first-order chi connectivity index (χ1) is 11.7. The number of hydrogen-bond donors (Lipinski definition) is 2. The summed E-state index contributed by atoms with van der Waals surface area (Å²) in [5.41, 5.74) is -0.604. The highest BCUT2D eigenvalue weighted by Gasteiger charge is 2.29. The van der Waals surface area contributed by atoms with Crippen molar-refractivity contribution in [2.24, 2.45) is 4.99 Å². The number of guanidine groups is 1. The molecular formula is C18H36N4O3. The fourth-order valence-electron chi connectivity index (χ4n) is 2.67. The van der Waals surface area contributed by atoms with E-state index in [1.54, 1.807) is 11.9 Å². The molecule has 1 unspecified atom stereocenters. The van der Waals surface area contributed by atoms with Crippen LogP contribution >= 0.6 is 0 Å². The normalized spacial score (nSPS) is 21.1. The van der Waals surface area contributed by atoms with E-state index in [0.717, 1.165) is 38.4 Å². The molecule has 1 saturated heterocycles. The van der Waals surface area contributed by atoms with Gasteiger partial charge in [0.05, 0.1) is 5.60 Å². The first-order valence-corrected chi connectivity index (χ1v) is 9.25. The number of aliphatic imine (C=N–C) groups is 1. The number of amides is 1. The molecule has 1 amide bonds. The summed E-state index contributed by atoms with van der Waals surface area (Å²) in [5.74, 6) is 0.720. The Kier molecular flexibility index (Phi) is 8.48. The van der Waals surface area contributed by atoms with E-state index in [0.29, 0.717) is 19.6 Å². The monoisotopic (exact) mass is 356 g/mol. The molecule has 0 radical (unpaired) electrons. The van der Waals surface area contributed by atoms with Gasteiger partial charge in [-0.25, -0.2) is 4.79 Å². The van der Waals surface area contributed by atoms with Gasteiger partial charge in [-0.3, -0.25) is 4.99 Å². The highest BCUT2D eigenvalue weighted by Crippen LogP contribution is 2.23. The van der Waals surface area contributed by atoms with Gasteiger partial charge in [-0.2, -0.15) is 0 Å². The van der Waals surface area contributed by atoms with E-state index in [9.17, 15) is 4.79 Å². The average molecular weight is 357 g/mol. The summed E-state index contributed by atoms with van der Waals surface area (Å²) in [6.45, 7) is 13.2. The molecule has 0 aromatic heterocycles. The summed E-state index contributed by atoms with van der Waals surface area (Å²) in [7, 11) is 1.74. The van der Waals surface area contributed by atoms with Gasteiger partial charge in [0.2, 0.25) is 0 Å². The second kappa shape index (κ2) is 9.85. The summed E-state index contributed by atoms with van der Waals surface area (Å²) in [6, 6.07) is 0. The van der Waals surface area contributed by atoms with Gasteiger partial charge in [0.25, 0.3) is 0 Å². The van der Waals surface area contributed by atoms with E-state index < -0.39 is 5.60 Å². The molecule has 2 N–H and O–H groups in total. The molecule has 1 heterocycles. The molecule has 1 rings (SSSR count). The predicted molar refractivity (Wildman–Crippen MR) is 101 cm³/mol. The molecule has 7 nitrogen and oxygen atoms in total. The minimum absolute atomic E-state index is 0.123. The molecule has 0 saturated carbocycles. The lowest BCUT2D eigenvalue weighted by molar-refractivity contribution is 0.0242. The number of nitrogens with zero attached hydrogens (tertiary/aromatic N) is 2. The molecule has 1 aliphatic rings. The molecule has 1 atom stereocenters. The Morgan fingerprint density at radius 3 is 2.56 bits per heavy atom. The van der Waals surface area contributed by atoms with Crippen LogP contribution in [0.5, 0.6) is 0 Å². The number of carbonyl (C=O) groups is 1. The average Bonchev–Trinajstić information content (AvgIpc) is 2.95. The second-order valence-corrected chi connectivity index (χ2v) is 7.72. The molecular weight excluding hydrogens is 320 g/mol. The highest BCUT2D eigenvalue weighted by atomic mass is 16.6. The van der Waals surface area contributed by atoms with E-state index in [1.807, 2.05) is 27.7 Å². The van der Waals surface area contributed by atoms with Gasteiger partial charge in [0.15, 0.2) is 5.96 Å². The van der Waals surface area contributed by atoms with Gasteiger partial charge in [-0.1, -0.05) is 6.92 Å². The van der Waals surface area contributed by atoms with Crippen LogP contribution < -0.4 is 10.6 Å². The third-order valence-corrected chi connectivity index (χ3v) is 3.97. The van der Waals surface area contributed by atoms with E-state index >= 15 is 0 Å². The summed E-state index contributed by atoms with van der Waals surface area (Å²) < 4.78 is 11.2. The lowest BCUT2D eigenvalue weighted by Gasteiger charge is -2.28. The molecule has 1 fully saturated rings. The Morgan fingerprint density at radius 2 is 2.04 bits per heavy atom. The van der Waals surface area contributed by atoms with Crippen molar-refractivity contribution < 1.29 is 14.3 Å². The van der Waals surface area contributed by atoms with Crippen molar-refractivity contribution in [3.63, 3.8) is 0 Å². The largest absolute Gasteiger partial charge is 0.444 e. The molecule has 146 valence electrons. The zero-order chi connectivity index (χ0) is 18.9. The highest BCUT2D eigenvalue weighted by molar-refractivity contribution is 5.79. The van der Waals surface area contributed by atoms with Crippen molar-refractivity contribution in [3.8, 4) is 0 Å². The fraction of sp³-hybridized carbons (Fsp3) is 0.889. The number of rotatable bonds is 7. The number of hydrogen-bond acceptors (Lipinski definition) is 4. The van der Waals surface area contributed by atoms with Crippen molar-refractivity contribution in [2.45, 2.75) is 65.1 Å². The van der Waals surface area contributed by atoms with E-state index in [2.05, 4.69) is 22.5 Å². The van der Waals surface area contributed by atoms with E-state index in [1.165, 1.54) is 0 Å².